The van der Waals surface area contributed by atoms with Crippen LogP contribution in [0.2, 0.25) is 0 Å². The van der Waals surface area contributed by atoms with Gasteiger partial charge in [-0.3, -0.25) is 0 Å². The number of hydrogen-bond donors (Lipinski definition) is 0. The number of ether oxygens (including phenoxy) is 1. The van der Waals surface area contributed by atoms with E-state index >= 15 is 0 Å². The molecular weight excluding hydrogens is 236 g/mol. The Morgan fingerprint density at radius 2 is 2.31 bits per heavy atom. The minimum absolute atomic E-state index is 0.362. The topological polar surface area (TPSA) is 52.8 Å². The monoisotopic (exact) mass is 243 g/mol. The molecule has 1 heterocycles. The van der Waals surface area contributed by atoms with E-state index in [1.54, 1.807) is 0 Å². The van der Waals surface area contributed by atoms with Gasteiger partial charge in [-0.25, -0.2) is 4.79 Å². The molecule has 1 aliphatic carbocycles. The number of hydrogen-bond acceptors (Lipinski definition) is 3. The van der Waals surface area contributed by atoms with Crippen LogP contribution in [0.4, 0.5) is 0 Å². The lowest BCUT2D eigenvalue weighted by atomic mass is 10.2. The molecule has 2 aliphatic rings. The molecule has 4 nitrogen and oxygen atoms in total. The Morgan fingerprint density at radius 3 is 2.85 bits per heavy atom. The highest BCUT2D eigenvalue weighted by Gasteiger charge is 2.36. The second kappa shape index (κ2) is 3.14. The summed E-state index contributed by atoms with van der Waals surface area (Å²) >= 11 is 3.18. The van der Waals surface area contributed by atoms with Gasteiger partial charge in [-0.1, -0.05) is 0 Å². The van der Waals surface area contributed by atoms with E-state index in [9.17, 15) is 4.79 Å². The SMILES string of the molecule is COC(=O)C1=C(C2CC2)[N]N=C1Br. The fraction of sp³-hybridized carbons (Fsp3) is 0.500. The van der Waals surface area contributed by atoms with Crippen LogP contribution in [0.3, 0.4) is 0 Å². The molecule has 69 valence electrons. The van der Waals surface area contributed by atoms with Gasteiger partial charge in [0.2, 0.25) is 0 Å². The number of allylic oxidation sites excluding steroid dienone is 1. The van der Waals surface area contributed by atoms with Gasteiger partial charge in [-0.2, -0.15) is 5.43 Å². The largest absolute Gasteiger partial charge is 0.465 e. The number of methoxy groups -OCH3 is 1. The Kier molecular flexibility index (Phi) is 2.11. The van der Waals surface area contributed by atoms with Gasteiger partial charge in [0.15, 0.2) is 0 Å². The molecule has 1 radical (unpaired) electrons. The Labute approximate surface area is 84.2 Å². The lowest BCUT2D eigenvalue weighted by Crippen LogP contribution is -2.11. The summed E-state index contributed by atoms with van der Waals surface area (Å²) in [5, 5.41) is 3.81. The highest BCUT2D eigenvalue weighted by atomic mass is 79.9. The van der Waals surface area contributed by atoms with Gasteiger partial charge in [-0.05, 0) is 28.8 Å². The van der Waals surface area contributed by atoms with Crippen LogP contribution in [-0.4, -0.2) is 17.7 Å². The molecule has 13 heavy (non-hydrogen) atoms. The van der Waals surface area contributed by atoms with Crippen molar-refractivity contribution in [2.75, 3.05) is 7.11 Å². The van der Waals surface area contributed by atoms with Crippen LogP contribution in [0, 0.1) is 5.92 Å². The number of esters is 1. The minimum atomic E-state index is -0.362. The molecule has 0 saturated heterocycles. The van der Waals surface area contributed by atoms with Crippen molar-refractivity contribution in [3.05, 3.63) is 11.3 Å². The van der Waals surface area contributed by atoms with Gasteiger partial charge in [0.25, 0.3) is 0 Å². The van der Waals surface area contributed by atoms with Crippen LogP contribution in [0.1, 0.15) is 12.8 Å². The molecular formula is C8H8BrN2O2. The number of halogens is 1. The molecule has 1 fully saturated rings. The standard InChI is InChI=1S/C8H8BrN2O2/c1-13-8(12)5-6(4-2-3-4)10-11-7(5)9/h4H,2-3H2,1H3. The molecule has 1 aliphatic heterocycles. The maximum atomic E-state index is 11.3. The van der Waals surface area contributed by atoms with E-state index in [0.29, 0.717) is 16.1 Å². The second-order valence-corrected chi connectivity index (χ2v) is 3.77. The van der Waals surface area contributed by atoms with Crippen molar-refractivity contribution < 1.29 is 9.53 Å². The van der Waals surface area contributed by atoms with Gasteiger partial charge in [0.1, 0.15) is 10.2 Å². The third kappa shape index (κ3) is 1.48. The lowest BCUT2D eigenvalue weighted by molar-refractivity contribution is -0.135. The van der Waals surface area contributed by atoms with Gasteiger partial charge in [0, 0.05) is 5.92 Å². The summed E-state index contributed by atoms with van der Waals surface area (Å²) in [4.78, 5) is 11.3. The van der Waals surface area contributed by atoms with Crippen molar-refractivity contribution in [3.63, 3.8) is 0 Å². The van der Waals surface area contributed by atoms with Gasteiger partial charge in [0.05, 0.1) is 12.8 Å². The van der Waals surface area contributed by atoms with Crippen LogP contribution in [0.25, 0.3) is 0 Å². The zero-order chi connectivity index (χ0) is 9.42. The van der Waals surface area contributed by atoms with Crippen molar-refractivity contribution in [2.45, 2.75) is 12.8 Å². The molecule has 0 amide bonds. The summed E-state index contributed by atoms with van der Waals surface area (Å²) in [5.74, 6) is 0.0478. The Balaban J connectivity index is 2.30. The van der Waals surface area contributed by atoms with E-state index in [1.165, 1.54) is 7.11 Å². The molecule has 5 heteroatoms. The van der Waals surface area contributed by atoms with Crippen molar-refractivity contribution in [3.8, 4) is 0 Å². The zero-order valence-corrected chi connectivity index (χ0v) is 8.67. The zero-order valence-electron chi connectivity index (χ0n) is 7.08. The maximum Gasteiger partial charge on any atom is 0.342 e. The third-order valence-electron chi connectivity index (χ3n) is 2.06. The molecule has 0 aromatic heterocycles. The first kappa shape index (κ1) is 8.74. The summed E-state index contributed by atoms with van der Waals surface area (Å²) in [6.45, 7) is 0. The predicted molar refractivity (Wildman–Crippen MR) is 50.3 cm³/mol. The summed E-state index contributed by atoms with van der Waals surface area (Å²) in [6, 6.07) is 0. The van der Waals surface area contributed by atoms with Crippen LogP contribution in [0.5, 0.6) is 0 Å². The van der Waals surface area contributed by atoms with E-state index in [0.717, 1.165) is 18.5 Å². The summed E-state index contributed by atoms with van der Waals surface area (Å²) < 4.78 is 5.13. The van der Waals surface area contributed by atoms with Crippen LogP contribution < -0.4 is 5.43 Å². The average molecular weight is 244 g/mol. The highest BCUT2D eigenvalue weighted by molar-refractivity contribution is 9.18. The van der Waals surface area contributed by atoms with Gasteiger partial charge >= 0.3 is 5.97 Å². The van der Waals surface area contributed by atoms with Gasteiger partial charge < -0.3 is 4.74 Å². The third-order valence-corrected chi connectivity index (χ3v) is 2.62. The summed E-state index contributed by atoms with van der Waals surface area (Å²) in [7, 11) is 1.36. The van der Waals surface area contributed by atoms with E-state index < -0.39 is 0 Å². The van der Waals surface area contributed by atoms with Crippen molar-refractivity contribution in [2.24, 2.45) is 11.0 Å². The maximum absolute atomic E-state index is 11.3. The molecule has 0 N–H and O–H groups in total. The summed E-state index contributed by atoms with van der Waals surface area (Å²) in [6.07, 6.45) is 2.18. The Bertz CT molecular complexity index is 318. The molecule has 2 rings (SSSR count). The fourth-order valence-electron chi connectivity index (χ4n) is 1.24. The number of carbonyl (C=O) groups excluding carboxylic acids is 1. The number of rotatable bonds is 2. The first-order valence-electron chi connectivity index (χ1n) is 4.01. The molecule has 0 unspecified atom stereocenters. The normalized spacial score (nSPS) is 21.2. The van der Waals surface area contributed by atoms with E-state index in [-0.39, 0.29) is 5.97 Å². The van der Waals surface area contributed by atoms with Crippen molar-refractivity contribution in [1.29, 1.82) is 0 Å². The molecule has 0 atom stereocenters. The quantitative estimate of drug-likeness (QED) is 0.684. The second-order valence-electron chi connectivity index (χ2n) is 3.02. The molecule has 0 aromatic rings. The van der Waals surface area contributed by atoms with Crippen LogP contribution >= 0.6 is 15.9 Å². The lowest BCUT2D eigenvalue weighted by Gasteiger charge is -2.01. The first-order chi connectivity index (χ1) is 6.24. The predicted octanol–water partition coefficient (Wildman–Crippen LogP) is 1.15. The molecule has 1 saturated carbocycles. The molecule has 0 spiro atoms. The van der Waals surface area contributed by atoms with Gasteiger partial charge in [-0.15, -0.1) is 5.10 Å². The average Bonchev–Trinajstić information content (AvgIpc) is 2.89. The van der Waals surface area contributed by atoms with Crippen LogP contribution in [-0.2, 0) is 9.53 Å². The summed E-state index contributed by atoms with van der Waals surface area (Å²) in [5.41, 5.74) is 5.22. The Morgan fingerprint density at radius 1 is 1.62 bits per heavy atom. The van der Waals surface area contributed by atoms with Crippen LogP contribution in [0.15, 0.2) is 16.4 Å². The van der Waals surface area contributed by atoms with E-state index in [4.69, 9.17) is 0 Å². The first-order valence-corrected chi connectivity index (χ1v) is 4.80. The number of nitrogens with zero attached hydrogens (tertiary/aromatic N) is 2. The fourth-order valence-corrected chi connectivity index (χ4v) is 1.68. The highest BCUT2D eigenvalue weighted by Crippen LogP contribution is 2.39. The smallest absolute Gasteiger partial charge is 0.342 e. The van der Waals surface area contributed by atoms with E-state index in [2.05, 4.69) is 31.2 Å². The Hall–Kier alpha value is -0.840. The van der Waals surface area contributed by atoms with E-state index in [1.807, 2.05) is 0 Å². The number of carbonyl (C=O) groups is 1. The van der Waals surface area contributed by atoms with Crippen molar-refractivity contribution >= 4 is 26.5 Å². The minimum Gasteiger partial charge on any atom is -0.465 e. The molecule has 0 bridgehead atoms. The molecule has 0 aromatic carbocycles. The van der Waals surface area contributed by atoms with Crippen molar-refractivity contribution in [1.82, 2.24) is 5.43 Å².